The van der Waals surface area contributed by atoms with Gasteiger partial charge in [0.25, 0.3) is 0 Å². The quantitative estimate of drug-likeness (QED) is 0.761. The summed E-state index contributed by atoms with van der Waals surface area (Å²) in [5, 5.41) is 2.63. The molecule has 0 bridgehead atoms. The highest BCUT2D eigenvalue weighted by atomic mass is 35.5. The number of primary amides is 1. The number of nitrogens with one attached hydrogen (secondary N) is 1. The summed E-state index contributed by atoms with van der Waals surface area (Å²) in [7, 11) is 0. The van der Waals surface area contributed by atoms with Gasteiger partial charge in [-0.15, -0.1) is 11.6 Å². The Labute approximate surface area is 92.4 Å². The SMILES string of the molecule is NC(=O)c1ccc(NC(=O)CCCl)cc1. The van der Waals surface area contributed by atoms with Crippen LogP contribution in [0.5, 0.6) is 0 Å². The van der Waals surface area contributed by atoms with E-state index in [-0.39, 0.29) is 18.2 Å². The van der Waals surface area contributed by atoms with Crippen LogP contribution < -0.4 is 11.1 Å². The largest absolute Gasteiger partial charge is 0.366 e. The van der Waals surface area contributed by atoms with Crippen molar-refractivity contribution in [2.24, 2.45) is 5.73 Å². The fourth-order valence-electron chi connectivity index (χ4n) is 1.03. The van der Waals surface area contributed by atoms with Crippen molar-refractivity contribution in [1.29, 1.82) is 0 Å². The van der Waals surface area contributed by atoms with Crippen molar-refractivity contribution in [3.05, 3.63) is 29.8 Å². The van der Waals surface area contributed by atoms with Gasteiger partial charge in [0.1, 0.15) is 0 Å². The molecular formula is C10H11ClN2O2. The molecule has 1 aromatic rings. The second kappa shape index (κ2) is 5.36. The number of hydrogen-bond acceptors (Lipinski definition) is 2. The van der Waals surface area contributed by atoms with Gasteiger partial charge in [0.2, 0.25) is 11.8 Å². The van der Waals surface area contributed by atoms with Crippen molar-refractivity contribution < 1.29 is 9.59 Å². The van der Waals surface area contributed by atoms with Crippen molar-refractivity contribution in [3.63, 3.8) is 0 Å². The van der Waals surface area contributed by atoms with E-state index in [1.54, 1.807) is 24.3 Å². The molecular weight excluding hydrogens is 216 g/mol. The van der Waals surface area contributed by atoms with Crippen molar-refractivity contribution in [2.75, 3.05) is 11.2 Å². The molecule has 3 N–H and O–H groups in total. The molecule has 0 aromatic heterocycles. The van der Waals surface area contributed by atoms with Crippen LogP contribution in [0.1, 0.15) is 16.8 Å². The van der Waals surface area contributed by atoms with Gasteiger partial charge in [0, 0.05) is 23.6 Å². The highest BCUT2D eigenvalue weighted by Gasteiger charge is 2.02. The van der Waals surface area contributed by atoms with Crippen LogP contribution in [0.25, 0.3) is 0 Å². The molecule has 2 amide bonds. The van der Waals surface area contributed by atoms with Gasteiger partial charge in [-0.2, -0.15) is 0 Å². The molecule has 0 fully saturated rings. The molecule has 0 heterocycles. The van der Waals surface area contributed by atoms with Crippen molar-refractivity contribution >= 4 is 29.1 Å². The van der Waals surface area contributed by atoms with E-state index in [9.17, 15) is 9.59 Å². The molecule has 0 atom stereocenters. The summed E-state index contributed by atoms with van der Waals surface area (Å²) in [6, 6.07) is 6.34. The Morgan fingerprint density at radius 3 is 2.33 bits per heavy atom. The molecule has 0 unspecified atom stereocenters. The highest BCUT2D eigenvalue weighted by Crippen LogP contribution is 2.09. The number of rotatable bonds is 4. The van der Waals surface area contributed by atoms with Crippen molar-refractivity contribution in [1.82, 2.24) is 0 Å². The Hall–Kier alpha value is -1.55. The van der Waals surface area contributed by atoms with Crippen molar-refractivity contribution in [2.45, 2.75) is 6.42 Å². The first-order chi connectivity index (χ1) is 7.13. The fourth-order valence-corrected chi connectivity index (χ4v) is 1.20. The van der Waals surface area contributed by atoms with Gasteiger partial charge in [0.05, 0.1) is 0 Å². The number of carbonyl (C=O) groups is 2. The first-order valence-corrected chi connectivity index (χ1v) is 4.92. The zero-order valence-corrected chi connectivity index (χ0v) is 8.75. The average Bonchev–Trinajstić information content (AvgIpc) is 2.18. The Bertz CT molecular complexity index is 362. The van der Waals surface area contributed by atoms with E-state index in [1.165, 1.54) is 0 Å². The minimum Gasteiger partial charge on any atom is -0.366 e. The van der Waals surface area contributed by atoms with Crippen LogP contribution in [0, 0.1) is 0 Å². The number of halogens is 1. The number of hydrogen-bond donors (Lipinski definition) is 2. The maximum atomic E-state index is 11.1. The minimum absolute atomic E-state index is 0.156. The van der Waals surface area contributed by atoms with E-state index in [1.807, 2.05) is 0 Å². The number of nitrogens with two attached hydrogens (primary N) is 1. The Morgan fingerprint density at radius 1 is 1.27 bits per heavy atom. The summed E-state index contributed by atoms with van der Waals surface area (Å²) >= 11 is 5.41. The van der Waals surface area contributed by atoms with Crippen LogP contribution in [0.3, 0.4) is 0 Å². The van der Waals surface area contributed by atoms with Gasteiger partial charge < -0.3 is 11.1 Å². The predicted molar refractivity (Wildman–Crippen MR) is 58.9 cm³/mol. The standard InChI is InChI=1S/C10H11ClN2O2/c11-6-5-9(14)13-8-3-1-7(2-4-8)10(12)15/h1-4H,5-6H2,(H2,12,15)(H,13,14). The topological polar surface area (TPSA) is 72.2 Å². The molecule has 80 valence electrons. The Morgan fingerprint density at radius 2 is 1.87 bits per heavy atom. The smallest absolute Gasteiger partial charge is 0.248 e. The lowest BCUT2D eigenvalue weighted by Crippen LogP contribution is -2.13. The highest BCUT2D eigenvalue weighted by molar-refractivity contribution is 6.19. The first kappa shape index (κ1) is 11.5. The van der Waals surface area contributed by atoms with Crippen LogP contribution in [-0.4, -0.2) is 17.7 Å². The third-order valence-electron chi connectivity index (χ3n) is 1.77. The van der Waals surface area contributed by atoms with Gasteiger partial charge in [0.15, 0.2) is 0 Å². The summed E-state index contributed by atoms with van der Waals surface area (Å²) in [5.41, 5.74) is 6.10. The van der Waals surface area contributed by atoms with E-state index < -0.39 is 5.91 Å². The van der Waals surface area contributed by atoms with E-state index in [4.69, 9.17) is 17.3 Å². The van der Waals surface area contributed by atoms with E-state index >= 15 is 0 Å². The number of carbonyl (C=O) groups excluding carboxylic acids is 2. The van der Waals surface area contributed by atoms with Gasteiger partial charge >= 0.3 is 0 Å². The van der Waals surface area contributed by atoms with E-state index in [0.717, 1.165) is 0 Å². The monoisotopic (exact) mass is 226 g/mol. The molecule has 1 aromatic carbocycles. The summed E-state index contributed by atoms with van der Waals surface area (Å²) in [4.78, 5) is 21.9. The minimum atomic E-state index is -0.492. The lowest BCUT2D eigenvalue weighted by Gasteiger charge is -2.03. The van der Waals surface area contributed by atoms with Crippen LogP contribution >= 0.6 is 11.6 Å². The Kier molecular flexibility index (Phi) is 4.12. The zero-order valence-electron chi connectivity index (χ0n) is 8.00. The molecule has 0 saturated heterocycles. The molecule has 15 heavy (non-hydrogen) atoms. The number of amides is 2. The molecule has 0 saturated carbocycles. The molecule has 0 aliphatic carbocycles. The van der Waals surface area contributed by atoms with Crippen LogP contribution in [0.15, 0.2) is 24.3 Å². The number of benzene rings is 1. The summed E-state index contributed by atoms with van der Waals surface area (Å²) < 4.78 is 0. The molecule has 4 nitrogen and oxygen atoms in total. The molecule has 0 aliphatic heterocycles. The molecule has 0 spiro atoms. The second-order valence-corrected chi connectivity index (χ2v) is 3.31. The van der Waals surface area contributed by atoms with E-state index in [2.05, 4.69) is 5.32 Å². The molecule has 1 rings (SSSR count). The summed E-state index contributed by atoms with van der Waals surface area (Å²) in [6.07, 6.45) is 0.263. The lowest BCUT2D eigenvalue weighted by molar-refractivity contribution is -0.115. The fraction of sp³-hybridized carbons (Fsp3) is 0.200. The van der Waals surface area contributed by atoms with E-state index in [0.29, 0.717) is 11.3 Å². The Balaban J connectivity index is 2.64. The lowest BCUT2D eigenvalue weighted by atomic mass is 10.2. The van der Waals surface area contributed by atoms with Crippen LogP contribution in [0.2, 0.25) is 0 Å². The van der Waals surface area contributed by atoms with Gasteiger partial charge in [-0.25, -0.2) is 0 Å². The normalized spacial score (nSPS) is 9.67. The van der Waals surface area contributed by atoms with Gasteiger partial charge in [-0.05, 0) is 24.3 Å². The molecule has 0 aliphatic rings. The third-order valence-corrected chi connectivity index (χ3v) is 1.96. The molecule has 5 heteroatoms. The van der Waals surface area contributed by atoms with Gasteiger partial charge in [-0.3, -0.25) is 9.59 Å². The summed E-state index contributed by atoms with van der Waals surface area (Å²) in [6.45, 7) is 0. The maximum Gasteiger partial charge on any atom is 0.248 e. The van der Waals surface area contributed by atoms with Crippen molar-refractivity contribution in [3.8, 4) is 0 Å². The predicted octanol–water partition coefficient (Wildman–Crippen LogP) is 1.35. The average molecular weight is 227 g/mol. The second-order valence-electron chi connectivity index (χ2n) is 2.93. The molecule has 0 radical (unpaired) electrons. The number of alkyl halides is 1. The third kappa shape index (κ3) is 3.59. The zero-order chi connectivity index (χ0) is 11.3. The maximum absolute atomic E-state index is 11.1. The van der Waals surface area contributed by atoms with Crippen LogP contribution in [0.4, 0.5) is 5.69 Å². The summed E-state index contributed by atoms with van der Waals surface area (Å²) in [5.74, 6) is -0.365. The van der Waals surface area contributed by atoms with Gasteiger partial charge in [-0.1, -0.05) is 0 Å². The number of anilines is 1. The van der Waals surface area contributed by atoms with Crippen LogP contribution in [-0.2, 0) is 4.79 Å². The first-order valence-electron chi connectivity index (χ1n) is 4.39.